The number of nitrogens with one attached hydrogen (secondary N) is 1. The van der Waals surface area contributed by atoms with Crippen molar-refractivity contribution in [2.75, 3.05) is 20.5 Å². The fraction of sp³-hybridized carbons (Fsp3) is 0.450. The molecule has 0 heterocycles. The maximum atomic E-state index is 11.2. The van der Waals surface area contributed by atoms with Gasteiger partial charge in [-0.3, -0.25) is 10.0 Å². The SMILES string of the molecule is COCOCCC/C=C/C=C/[C@H](CCC(=O)NO)OCc1ccccc1. The number of rotatable bonds is 14. The molecule has 0 spiro atoms. The van der Waals surface area contributed by atoms with Crippen molar-refractivity contribution in [1.82, 2.24) is 5.48 Å². The summed E-state index contributed by atoms with van der Waals surface area (Å²) in [4.78, 5) is 11.2. The van der Waals surface area contributed by atoms with Gasteiger partial charge in [-0.05, 0) is 24.8 Å². The topological polar surface area (TPSA) is 77.0 Å². The van der Waals surface area contributed by atoms with Gasteiger partial charge < -0.3 is 14.2 Å². The van der Waals surface area contributed by atoms with Crippen molar-refractivity contribution in [3.8, 4) is 0 Å². The summed E-state index contributed by atoms with van der Waals surface area (Å²) in [5.74, 6) is -0.418. The van der Waals surface area contributed by atoms with Crippen LogP contribution in [0.3, 0.4) is 0 Å². The van der Waals surface area contributed by atoms with Crippen LogP contribution in [-0.2, 0) is 25.6 Å². The number of carbonyl (C=O) groups excluding carboxylic acids is 1. The van der Waals surface area contributed by atoms with E-state index in [1.807, 2.05) is 48.6 Å². The van der Waals surface area contributed by atoms with Gasteiger partial charge in [-0.2, -0.15) is 0 Å². The number of hydrogen-bond donors (Lipinski definition) is 2. The van der Waals surface area contributed by atoms with Crippen LogP contribution in [0, 0.1) is 0 Å². The maximum absolute atomic E-state index is 11.2. The summed E-state index contributed by atoms with van der Waals surface area (Å²) < 4.78 is 15.9. The maximum Gasteiger partial charge on any atom is 0.243 e. The van der Waals surface area contributed by atoms with Crippen LogP contribution in [0.15, 0.2) is 54.6 Å². The molecular formula is C20H29NO5. The largest absolute Gasteiger partial charge is 0.369 e. The molecule has 1 aromatic carbocycles. The number of hydroxylamine groups is 1. The molecule has 0 aliphatic carbocycles. The smallest absolute Gasteiger partial charge is 0.243 e. The third-order valence-electron chi connectivity index (χ3n) is 3.52. The lowest BCUT2D eigenvalue weighted by atomic mass is 10.1. The van der Waals surface area contributed by atoms with E-state index in [0.29, 0.717) is 26.4 Å². The van der Waals surface area contributed by atoms with Crippen LogP contribution < -0.4 is 5.48 Å². The molecule has 0 unspecified atom stereocenters. The van der Waals surface area contributed by atoms with Crippen LogP contribution in [-0.4, -0.2) is 37.7 Å². The Bertz CT molecular complexity index is 530. The molecular weight excluding hydrogens is 334 g/mol. The van der Waals surface area contributed by atoms with Crippen molar-refractivity contribution in [3.63, 3.8) is 0 Å². The van der Waals surface area contributed by atoms with Gasteiger partial charge >= 0.3 is 0 Å². The predicted molar refractivity (Wildman–Crippen MR) is 99.5 cm³/mol. The second-order valence-electron chi connectivity index (χ2n) is 5.68. The zero-order chi connectivity index (χ0) is 18.9. The van der Waals surface area contributed by atoms with Gasteiger partial charge in [-0.25, -0.2) is 5.48 Å². The standard InChI is InChI=1S/C20H29NO5/c1-24-17-25-15-9-4-2-3-8-12-19(13-14-20(22)21-23)26-16-18-10-6-5-7-11-18/h2-3,5-8,10-12,19,23H,4,9,13-17H2,1H3,(H,21,22)/b3-2+,12-8+/t19-/m1/s1. The number of hydrogen-bond acceptors (Lipinski definition) is 5. The van der Waals surface area contributed by atoms with E-state index >= 15 is 0 Å². The summed E-state index contributed by atoms with van der Waals surface area (Å²) in [7, 11) is 1.60. The van der Waals surface area contributed by atoms with E-state index in [4.69, 9.17) is 19.4 Å². The average Bonchev–Trinajstić information content (AvgIpc) is 2.68. The first-order chi connectivity index (χ1) is 12.8. The lowest BCUT2D eigenvalue weighted by Gasteiger charge is -2.13. The minimum atomic E-state index is -0.418. The minimum absolute atomic E-state index is 0.195. The Labute approximate surface area is 155 Å². The van der Waals surface area contributed by atoms with E-state index in [1.165, 1.54) is 0 Å². The van der Waals surface area contributed by atoms with Gasteiger partial charge in [0.05, 0.1) is 12.7 Å². The number of allylic oxidation sites excluding steroid dienone is 3. The third-order valence-corrected chi connectivity index (χ3v) is 3.52. The van der Waals surface area contributed by atoms with E-state index in [0.717, 1.165) is 18.4 Å². The lowest BCUT2D eigenvalue weighted by Crippen LogP contribution is -2.21. The first kappa shape index (κ1) is 22.1. The zero-order valence-electron chi connectivity index (χ0n) is 15.3. The van der Waals surface area contributed by atoms with Gasteiger partial charge in [0.15, 0.2) is 0 Å². The van der Waals surface area contributed by atoms with Gasteiger partial charge in [0.1, 0.15) is 6.79 Å². The van der Waals surface area contributed by atoms with E-state index in [9.17, 15) is 4.79 Å². The highest BCUT2D eigenvalue weighted by molar-refractivity contribution is 5.74. The molecule has 0 saturated carbocycles. The fourth-order valence-corrected chi connectivity index (χ4v) is 2.15. The highest BCUT2D eigenvalue weighted by Crippen LogP contribution is 2.09. The van der Waals surface area contributed by atoms with Crippen molar-refractivity contribution in [3.05, 3.63) is 60.2 Å². The molecule has 1 aromatic rings. The van der Waals surface area contributed by atoms with Gasteiger partial charge in [-0.1, -0.05) is 54.6 Å². The second-order valence-corrected chi connectivity index (χ2v) is 5.68. The predicted octanol–water partition coefficient (Wildman–Crippen LogP) is 3.37. The van der Waals surface area contributed by atoms with Crippen molar-refractivity contribution < 1.29 is 24.2 Å². The Morgan fingerprint density at radius 3 is 2.81 bits per heavy atom. The molecule has 0 bridgehead atoms. The molecule has 0 saturated heterocycles. The molecule has 6 nitrogen and oxygen atoms in total. The van der Waals surface area contributed by atoms with Gasteiger partial charge in [0.25, 0.3) is 0 Å². The first-order valence-corrected chi connectivity index (χ1v) is 8.74. The minimum Gasteiger partial charge on any atom is -0.369 e. The molecule has 6 heteroatoms. The summed E-state index contributed by atoms with van der Waals surface area (Å²) >= 11 is 0. The molecule has 1 atom stereocenters. The van der Waals surface area contributed by atoms with Crippen molar-refractivity contribution in [2.24, 2.45) is 0 Å². The fourth-order valence-electron chi connectivity index (χ4n) is 2.15. The Morgan fingerprint density at radius 2 is 2.08 bits per heavy atom. The Balaban J connectivity index is 2.38. The molecule has 1 rings (SSSR count). The van der Waals surface area contributed by atoms with Gasteiger partial charge in [0, 0.05) is 20.1 Å². The molecule has 1 amide bonds. The normalized spacial score (nSPS) is 12.7. The number of methoxy groups -OCH3 is 1. The monoisotopic (exact) mass is 363 g/mol. The summed E-state index contributed by atoms with van der Waals surface area (Å²) in [5.41, 5.74) is 2.72. The summed E-state index contributed by atoms with van der Waals surface area (Å²) in [6.07, 6.45) is 10.2. The second kappa shape index (κ2) is 15.3. The van der Waals surface area contributed by atoms with Crippen LogP contribution in [0.5, 0.6) is 0 Å². The number of unbranched alkanes of at least 4 members (excludes halogenated alkanes) is 1. The summed E-state index contributed by atoms with van der Waals surface area (Å²) in [6, 6.07) is 9.86. The average molecular weight is 363 g/mol. The van der Waals surface area contributed by atoms with Crippen molar-refractivity contribution in [1.29, 1.82) is 0 Å². The lowest BCUT2D eigenvalue weighted by molar-refractivity contribution is -0.129. The molecule has 2 N–H and O–H groups in total. The van der Waals surface area contributed by atoms with Crippen molar-refractivity contribution >= 4 is 5.91 Å². The number of amides is 1. The van der Waals surface area contributed by atoms with Crippen LogP contribution in [0.2, 0.25) is 0 Å². The van der Waals surface area contributed by atoms with E-state index in [1.54, 1.807) is 12.6 Å². The Hall–Kier alpha value is -1.99. The summed E-state index contributed by atoms with van der Waals surface area (Å²) in [6.45, 7) is 1.46. The molecule has 0 fully saturated rings. The number of ether oxygens (including phenoxy) is 3. The van der Waals surface area contributed by atoms with Crippen molar-refractivity contribution in [2.45, 2.75) is 38.4 Å². The highest BCUT2D eigenvalue weighted by atomic mass is 16.7. The molecule has 0 aliphatic rings. The summed E-state index contributed by atoms with van der Waals surface area (Å²) in [5, 5.41) is 8.62. The Kier molecular flexibility index (Phi) is 13.0. The first-order valence-electron chi connectivity index (χ1n) is 8.74. The van der Waals surface area contributed by atoms with Gasteiger partial charge in [-0.15, -0.1) is 0 Å². The van der Waals surface area contributed by atoms with Crippen LogP contribution in [0.1, 0.15) is 31.2 Å². The Morgan fingerprint density at radius 1 is 1.27 bits per heavy atom. The molecule has 26 heavy (non-hydrogen) atoms. The van der Waals surface area contributed by atoms with Crippen LogP contribution in [0.4, 0.5) is 0 Å². The van der Waals surface area contributed by atoms with E-state index in [-0.39, 0.29) is 12.5 Å². The van der Waals surface area contributed by atoms with E-state index in [2.05, 4.69) is 6.08 Å². The number of carbonyl (C=O) groups is 1. The molecule has 0 aliphatic heterocycles. The molecule has 0 aromatic heterocycles. The van der Waals surface area contributed by atoms with Crippen LogP contribution >= 0.6 is 0 Å². The van der Waals surface area contributed by atoms with Crippen LogP contribution in [0.25, 0.3) is 0 Å². The van der Waals surface area contributed by atoms with E-state index < -0.39 is 5.91 Å². The molecule has 144 valence electrons. The highest BCUT2D eigenvalue weighted by Gasteiger charge is 2.08. The third kappa shape index (κ3) is 11.5. The zero-order valence-corrected chi connectivity index (χ0v) is 15.3. The molecule has 0 radical (unpaired) electrons. The van der Waals surface area contributed by atoms with Gasteiger partial charge in [0.2, 0.25) is 5.91 Å². The number of benzene rings is 1. The quantitative estimate of drug-likeness (QED) is 0.174.